The van der Waals surface area contributed by atoms with E-state index in [1.165, 1.54) is 36.7 Å². The third kappa shape index (κ3) is 3.03. The highest BCUT2D eigenvalue weighted by Crippen LogP contribution is 2.27. The Morgan fingerprint density at radius 3 is 2.45 bits per heavy atom. The lowest BCUT2D eigenvalue weighted by atomic mass is 10.3. The fraction of sp³-hybridized carbons (Fsp3) is 0. The topological polar surface area (TPSA) is 102 Å². The van der Waals surface area contributed by atoms with Gasteiger partial charge >= 0.3 is 0 Å². The van der Waals surface area contributed by atoms with Crippen molar-refractivity contribution < 1.29 is 13.3 Å². The summed E-state index contributed by atoms with van der Waals surface area (Å²) in [5.41, 5.74) is -0.165. The maximum Gasteiger partial charge on any atom is 0.289 e. The van der Waals surface area contributed by atoms with E-state index in [1.54, 1.807) is 0 Å². The number of nitro groups is 1. The molecule has 0 radical (unpaired) electrons. The molecular weight excluding hydrogens is 306 g/mol. The summed E-state index contributed by atoms with van der Waals surface area (Å²) in [6.07, 6.45) is 2.84. The van der Waals surface area contributed by atoms with Crippen LogP contribution in [0.4, 0.5) is 11.4 Å². The molecule has 7 nitrogen and oxygen atoms in total. The number of hydrogen-bond donors (Lipinski definition) is 1. The average molecular weight is 314 g/mol. The van der Waals surface area contributed by atoms with Gasteiger partial charge in [-0.25, -0.2) is 8.42 Å². The van der Waals surface area contributed by atoms with Crippen molar-refractivity contribution in [2.24, 2.45) is 0 Å². The summed E-state index contributed by atoms with van der Waals surface area (Å²) in [7, 11) is -3.93. The van der Waals surface area contributed by atoms with E-state index >= 15 is 0 Å². The van der Waals surface area contributed by atoms with Crippen LogP contribution in [0.2, 0.25) is 5.02 Å². The van der Waals surface area contributed by atoms with Gasteiger partial charge in [0.2, 0.25) is 0 Å². The van der Waals surface area contributed by atoms with Crippen LogP contribution in [0.25, 0.3) is 0 Å². The van der Waals surface area contributed by atoms with E-state index in [4.69, 9.17) is 11.6 Å². The van der Waals surface area contributed by atoms with Gasteiger partial charge in [-0.1, -0.05) is 11.6 Å². The smallest absolute Gasteiger partial charge is 0.280 e. The average Bonchev–Trinajstić information content (AvgIpc) is 2.39. The molecule has 1 aromatic carbocycles. The molecule has 0 saturated heterocycles. The van der Waals surface area contributed by atoms with Crippen LogP contribution < -0.4 is 4.72 Å². The number of nitrogens with one attached hydrogen (secondary N) is 1. The highest BCUT2D eigenvalue weighted by Gasteiger charge is 2.20. The van der Waals surface area contributed by atoms with Crippen LogP contribution in [0.5, 0.6) is 0 Å². The first-order chi connectivity index (χ1) is 9.40. The van der Waals surface area contributed by atoms with Gasteiger partial charge in [0.05, 0.1) is 15.5 Å². The first-order valence-electron chi connectivity index (χ1n) is 5.27. The van der Waals surface area contributed by atoms with Crippen molar-refractivity contribution in [3.05, 3.63) is 57.9 Å². The van der Waals surface area contributed by atoms with Crippen LogP contribution in [-0.2, 0) is 10.0 Å². The third-order valence-corrected chi connectivity index (χ3v) is 4.06. The van der Waals surface area contributed by atoms with Gasteiger partial charge in [0.15, 0.2) is 0 Å². The van der Waals surface area contributed by atoms with Crippen LogP contribution in [0.3, 0.4) is 0 Å². The lowest BCUT2D eigenvalue weighted by molar-refractivity contribution is -0.384. The second-order valence-corrected chi connectivity index (χ2v) is 5.80. The third-order valence-electron chi connectivity index (χ3n) is 2.36. The van der Waals surface area contributed by atoms with Crippen LogP contribution >= 0.6 is 11.6 Å². The van der Waals surface area contributed by atoms with E-state index in [1.807, 2.05) is 0 Å². The van der Waals surface area contributed by atoms with Crippen molar-refractivity contribution in [2.45, 2.75) is 4.90 Å². The number of rotatable bonds is 4. The monoisotopic (exact) mass is 313 g/mol. The lowest BCUT2D eigenvalue weighted by Gasteiger charge is -2.07. The van der Waals surface area contributed by atoms with Crippen LogP contribution in [0.15, 0.2) is 47.6 Å². The standard InChI is InChI=1S/C11H8ClN3O4S/c12-10-2-1-9(7-11(10)15(16)17)20(18,19)14-8-3-5-13-6-4-8/h1-7H,(H,13,14). The predicted octanol–water partition coefficient (Wildman–Crippen LogP) is 2.44. The molecule has 20 heavy (non-hydrogen) atoms. The molecule has 0 unspecified atom stereocenters. The second-order valence-electron chi connectivity index (χ2n) is 3.71. The predicted molar refractivity (Wildman–Crippen MR) is 73.2 cm³/mol. The van der Waals surface area contributed by atoms with Gasteiger partial charge < -0.3 is 0 Å². The molecule has 0 aliphatic rings. The van der Waals surface area contributed by atoms with Gasteiger partial charge in [-0.2, -0.15) is 0 Å². The Balaban J connectivity index is 2.40. The maximum absolute atomic E-state index is 12.1. The minimum Gasteiger partial charge on any atom is -0.280 e. The molecule has 0 aliphatic heterocycles. The van der Waals surface area contributed by atoms with Crippen molar-refractivity contribution >= 4 is 33.0 Å². The molecule has 9 heteroatoms. The summed E-state index contributed by atoms with van der Waals surface area (Å²) >= 11 is 5.64. The van der Waals surface area contributed by atoms with Crippen LogP contribution in [0, 0.1) is 10.1 Å². The first kappa shape index (κ1) is 14.2. The zero-order chi connectivity index (χ0) is 14.8. The molecule has 0 atom stereocenters. The zero-order valence-corrected chi connectivity index (χ0v) is 11.4. The first-order valence-corrected chi connectivity index (χ1v) is 7.13. The van der Waals surface area contributed by atoms with Gasteiger partial charge in [0.1, 0.15) is 5.02 Å². The Morgan fingerprint density at radius 2 is 1.85 bits per heavy atom. The Morgan fingerprint density at radius 1 is 1.20 bits per heavy atom. The molecule has 0 saturated carbocycles. The number of anilines is 1. The number of aromatic nitrogens is 1. The van der Waals surface area contributed by atoms with Gasteiger partial charge in [-0.3, -0.25) is 19.8 Å². The molecule has 1 heterocycles. The molecule has 0 aliphatic carbocycles. The lowest BCUT2D eigenvalue weighted by Crippen LogP contribution is -2.13. The highest BCUT2D eigenvalue weighted by atomic mass is 35.5. The molecule has 2 rings (SSSR count). The minimum atomic E-state index is -3.93. The number of halogens is 1. The summed E-state index contributed by atoms with van der Waals surface area (Å²) in [6, 6.07) is 6.19. The van der Waals surface area contributed by atoms with E-state index in [0.717, 1.165) is 6.07 Å². The summed E-state index contributed by atoms with van der Waals surface area (Å²) in [4.78, 5) is 13.5. The molecule has 2 aromatic rings. The summed E-state index contributed by atoms with van der Waals surface area (Å²) in [5, 5.41) is 10.6. The number of sulfonamides is 1. The van der Waals surface area contributed by atoms with Gasteiger partial charge in [0.25, 0.3) is 15.7 Å². The SMILES string of the molecule is O=[N+]([O-])c1cc(S(=O)(=O)Nc2ccncc2)ccc1Cl. The number of benzene rings is 1. The molecular formula is C11H8ClN3O4S. The summed E-state index contributed by atoms with van der Waals surface area (Å²) in [6.45, 7) is 0. The Labute approximate surface area is 119 Å². The second kappa shape index (κ2) is 5.43. The Bertz CT molecular complexity index is 750. The molecule has 1 aromatic heterocycles. The number of nitrogens with zero attached hydrogens (tertiary/aromatic N) is 2. The van der Waals surface area contributed by atoms with E-state index in [2.05, 4.69) is 9.71 Å². The molecule has 1 N–H and O–H groups in total. The van der Waals surface area contributed by atoms with E-state index in [0.29, 0.717) is 5.69 Å². The molecule has 0 spiro atoms. The van der Waals surface area contributed by atoms with Gasteiger partial charge in [0, 0.05) is 18.5 Å². The highest BCUT2D eigenvalue weighted by molar-refractivity contribution is 7.92. The Kier molecular flexibility index (Phi) is 3.86. The number of pyridine rings is 1. The van der Waals surface area contributed by atoms with Gasteiger partial charge in [-0.05, 0) is 24.3 Å². The van der Waals surface area contributed by atoms with Crippen molar-refractivity contribution in [1.82, 2.24) is 4.98 Å². The van der Waals surface area contributed by atoms with Crippen molar-refractivity contribution in [3.63, 3.8) is 0 Å². The Hall–Kier alpha value is -2.19. The maximum atomic E-state index is 12.1. The van der Waals surface area contributed by atoms with Crippen LogP contribution in [0.1, 0.15) is 0 Å². The van der Waals surface area contributed by atoms with Crippen LogP contribution in [-0.4, -0.2) is 18.3 Å². The van der Waals surface area contributed by atoms with Crippen molar-refractivity contribution in [2.75, 3.05) is 4.72 Å². The van der Waals surface area contributed by atoms with Crippen molar-refractivity contribution in [3.8, 4) is 0 Å². The van der Waals surface area contributed by atoms with Crippen molar-refractivity contribution in [1.29, 1.82) is 0 Å². The molecule has 104 valence electrons. The molecule has 0 amide bonds. The zero-order valence-electron chi connectivity index (χ0n) is 9.86. The summed E-state index contributed by atoms with van der Waals surface area (Å²) < 4.78 is 26.5. The largest absolute Gasteiger partial charge is 0.289 e. The quantitative estimate of drug-likeness (QED) is 0.690. The molecule has 0 fully saturated rings. The number of nitro benzene ring substituents is 1. The fourth-order valence-corrected chi connectivity index (χ4v) is 2.70. The van der Waals surface area contributed by atoms with E-state index < -0.39 is 20.6 Å². The summed E-state index contributed by atoms with van der Waals surface area (Å²) in [5.74, 6) is 0. The number of hydrogen-bond acceptors (Lipinski definition) is 5. The molecule has 0 bridgehead atoms. The minimum absolute atomic E-state index is 0.127. The van der Waals surface area contributed by atoms with E-state index in [-0.39, 0.29) is 9.92 Å². The fourth-order valence-electron chi connectivity index (χ4n) is 1.43. The van der Waals surface area contributed by atoms with Gasteiger partial charge in [-0.15, -0.1) is 0 Å². The normalized spacial score (nSPS) is 11.1. The van der Waals surface area contributed by atoms with E-state index in [9.17, 15) is 18.5 Å².